The molecule has 154 valence electrons. The van der Waals surface area contributed by atoms with Gasteiger partial charge in [0.05, 0.1) is 21.2 Å². The molecule has 0 bridgehead atoms. The van der Waals surface area contributed by atoms with Gasteiger partial charge in [0.15, 0.2) is 9.84 Å². The molecular weight excluding hydrogens is 418 g/mol. The van der Waals surface area contributed by atoms with Gasteiger partial charge < -0.3 is 20.9 Å². The number of aromatic nitrogens is 1. The number of carbonyl (C=O) groups excluding carboxylic acids is 2. The third-order valence-corrected chi connectivity index (χ3v) is 5.61. The van der Waals surface area contributed by atoms with Gasteiger partial charge in [-0.25, -0.2) is 18.2 Å². The molecule has 29 heavy (non-hydrogen) atoms. The molecular formula is C18H20ClN5O4S. The highest BCUT2D eigenvalue weighted by Gasteiger charge is 2.21. The first-order chi connectivity index (χ1) is 13.7. The van der Waals surface area contributed by atoms with E-state index in [9.17, 15) is 18.0 Å². The lowest BCUT2D eigenvalue weighted by atomic mass is 10.1. The van der Waals surface area contributed by atoms with Gasteiger partial charge in [0, 0.05) is 38.6 Å². The molecule has 3 rings (SSSR count). The smallest absolute Gasteiger partial charge is 0.321 e. The van der Waals surface area contributed by atoms with Crippen LogP contribution in [0.25, 0.3) is 0 Å². The maximum absolute atomic E-state index is 12.8. The largest absolute Gasteiger partial charge is 0.322 e. The Kier molecular flexibility index (Phi) is 6.36. The Hall–Kier alpha value is -2.69. The molecule has 9 nitrogen and oxygen atoms in total. The first kappa shape index (κ1) is 21.0. The topological polar surface area (TPSA) is 121 Å². The summed E-state index contributed by atoms with van der Waals surface area (Å²) in [7, 11) is -3.55. The predicted molar refractivity (Wildman–Crippen MR) is 110 cm³/mol. The van der Waals surface area contributed by atoms with Crippen LogP contribution in [-0.2, 0) is 9.84 Å². The minimum absolute atomic E-state index is 0.00756. The minimum atomic E-state index is -3.55. The molecule has 0 unspecified atom stereocenters. The van der Waals surface area contributed by atoms with Gasteiger partial charge in [0.1, 0.15) is 5.82 Å². The average molecular weight is 438 g/mol. The highest BCUT2D eigenvalue weighted by atomic mass is 35.5. The van der Waals surface area contributed by atoms with Crippen LogP contribution in [0.4, 0.5) is 16.3 Å². The summed E-state index contributed by atoms with van der Waals surface area (Å²) in [6, 6.07) is 6.69. The van der Waals surface area contributed by atoms with Crippen molar-refractivity contribution in [2.24, 2.45) is 0 Å². The maximum atomic E-state index is 12.8. The first-order valence-electron chi connectivity index (χ1n) is 8.78. The highest BCUT2D eigenvalue weighted by Crippen LogP contribution is 2.23. The maximum Gasteiger partial charge on any atom is 0.321 e. The van der Waals surface area contributed by atoms with Gasteiger partial charge in [-0.2, -0.15) is 0 Å². The van der Waals surface area contributed by atoms with Crippen LogP contribution in [0.2, 0.25) is 5.02 Å². The number of urea groups is 1. The number of benzene rings is 1. The van der Waals surface area contributed by atoms with Gasteiger partial charge in [0.25, 0.3) is 5.91 Å². The van der Waals surface area contributed by atoms with E-state index in [1.165, 1.54) is 30.5 Å². The zero-order valence-electron chi connectivity index (χ0n) is 15.6. The Bertz CT molecular complexity index is 1020. The average Bonchev–Trinajstić information content (AvgIpc) is 2.69. The number of carbonyl (C=O) groups is 2. The number of amides is 3. The van der Waals surface area contributed by atoms with Gasteiger partial charge in [-0.1, -0.05) is 11.6 Å². The predicted octanol–water partition coefficient (Wildman–Crippen LogP) is 1.83. The Morgan fingerprint density at radius 1 is 1.14 bits per heavy atom. The quantitative estimate of drug-likeness (QED) is 0.671. The molecule has 1 saturated heterocycles. The second-order valence-corrected chi connectivity index (χ2v) is 8.91. The van der Waals surface area contributed by atoms with Crippen molar-refractivity contribution in [1.29, 1.82) is 0 Å². The van der Waals surface area contributed by atoms with Gasteiger partial charge in [0.2, 0.25) is 0 Å². The van der Waals surface area contributed by atoms with Gasteiger partial charge in [-0.15, -0.1) is 0 Å². The highest BCUT2D eigenvalue weighted by molar-refractivity contribution is 7.90. The van der Waals surface area contributed by atoms with Crippen molar-refractivity contribution in [2.75, 3.05) is 43.1 Å². The molecule has 2 heterocycles. The number of hydrogen-bond donors (Lipinski definition) is 3. The summed E-state index contributed by atoms with van der Waals surface area (Å²) in [5.41, 5.74) is 0.209. The van der Waals surface area contributed by atoms with Crippen molar-refractivity contribution in [1.82, 2.24) is 15.2 Å². The molecule has 3 amide bonds. The molecule has 0 atom stereocenters. The van der Waals surface area contributed by atoms with E-state index in [-0.39, 0.29) is 28.0 Å². The number of nitrogens with zero attached hydrogens (tertiary/aromatic N) is 2. The van der Waals surface area contributed by atoms with E-state index in [0.717, 1.165) is 6.26 Å². The fourth-order valence-electron chi connectivity index (χ4n) is 2.75. The summed E-state index contributed by atoms with van der Waals surface area (Å²) < 4.78 is 23.8. The van der Waals surface area contributed by atoms with E-state index in [2.05, 4.69) is 20.9 Å². The van der Waals surface area contributed by atoms with E-state index in [1.807, 2.05) is 0 Å². The molecule has 3 N–H and O–H groups in total. The lowest BCUT2D eigenvalue weighted by molar-refractivity contribution is 0.102. The van der Waals surface area contributed by atoms with Crippen molar-refractivity contribution in [3.63, 3.8) is 0 Å². The van der Waals surface area contributed by atoms with E-state index in [0.29, 0.717) is 31.2 Å². The van der Waals surface area contributed by atoms with E-state index < -0.39 is 15.7 Å². The van der Waals surface area contributed by atoms with Crippen molar-refractivity contribution in [3.8, 4) is 0 Å². The Balaban J connectivity index is 1.89. The summed E-state index contributed by atoms with van der Waals surface area (Å²) in [5, 5.41) is 8.83. The number of rotatable bonds is 4. The number of piperazine rings is 1. The molecule has 0 saturated carbocycles. The zero-order valence-corrected chi connectivity index (χ0v) is 17.2. The number of halogens is 1. The Morgan fingerprint density at radius 3 is 2.48 bits per heavy atom. The van der Waals surface area contributed by atoms with Crippen molar-refractivity contribution in [3.05, 3.63) is 47.1 Å². The number of sulfone groups is 1. The van der Waals surface area contributed by atoms with Gasteiger partial charge in [-0.3, -0.25) is 4.79 Å². The summed E-state index contributed by atoms with van der Waals surface area (Å²) in [4.78, 5) is 30.9. The third kappa shape index (κ3) is 5.43. The molecule has 0 aliphatic carbocycles. The summed E-state index contributed by atoms with van der Waals surface area (Å²) >= 11 is 5.79. The molecule has 1 aliphatic heterocycles. The molecule has 0 radical (unpaired) electrons. The lowest BCUT2D eigenvalue weighted by Gasteiger charge is -2.27. The van der Waals surface area contributed by atoms with E-state index >= 15 is 0 Å². The fourth-order valence-corrected chi connectivity index (χ4v) is 3.51. The van der Waals surface area contributed by atoms with Gasteiger partial charge in [-0.05, 0) is 30.3 Å². The molecule has 1 aromatic carbocycles. The second kappa shape index (κ2) is 8.76. The molecule has 11 heteroatoms. The Morgan fingerprint density at radius 2 is 1.86 bits per heavy atom. The van der Waals surface area contributed by atoms with Crippen LogP contribution >= 0.6 is 11.6 Å². The number of nitrogens with one attached hydrogen (secondary N) is 3. The molecule has 2 aromatic rings. The molecule has 1 fully saturated rings. The SMILES string of the molecule is CS(=O)(=O)c1ccc(NC(=O)N2CCNCC2)c(C(=O)Nc2ccc(Cl)cn2)c1. The van der Waals surface area contributed by atoms with Crippen LogP contribution in [0, 0.1) is 0 Å². The second-order valence-electron chi connectivity index (χ2n) is 6.46. The number of pyridine rings is 1. The van der Waals surface area contributed by atoms with E-state index in [4.69, 9.17) is 11.6 Å². The number of hydrogen-bond acceptors (Lipinski definition) is 6. The van der Waals surface area contributed by atoms with Crippen LogP contribution in [0.1, 0.15) is 10.4 Å². The lowest BCUT2D eigenvalue weighted by Crippen LogP contribution is -2.48. The molecule has 1 aliphatic rings. The van der Waals surface area contributed by atoms with Crippen LogP contribution in [0.5, 0.6) is 0 Å². The van der Waals surface area contributed by atoms with E-state index in [1.54, 1.807) is 11.0 Å². The zero-order chi connectivity index (χ0) is 21.0. The number of anilines is 2. The first-order valence-corrected chi connectivity index (χ1v) is 11.0. The minimum Gasteiger partial charge on any atom is -0.322 e. The molecule has 1 aromatic heterocycles. The van der Waals surface area contributed by atoms with Crippen LogP contribution in [0.15, 0.2) is 41.4 Å². The molecule has 0 spiro atoms. The van der Waals surface area contributed by atoms with Crippen LogP contribution in [0.3, 0.4) is 0 Å². The summed E-state index contributed by atoms with van der Waals surface area (Å²) in [6.07, 6.45) is 2.42. The Labute approximate surface area is 173 Å². The standard InChI is InChI=1S/C18H20ClN5O4S/c1-29(27,28)13-3-4-15(22-18(26)24-8-6-20-7-9-24)14(10-13)17(25)23-16-5-2-12(19)11-21-16/h2-5,10-11,20H,6-9H2,1H3,(H,22,26)(H,21,23,25). The monoisotopic (exact) mass is 437 g/mol. The van der Waals surface area contributed by atoms with Crippen LogP contribution < -0.4 is 16.0 Å². The van der Waals surface area contributed by atoms with Crippen molar-refractivity contribution in [2.45, 2.75) is 4.90 Å². The fraction of sp³-hybridized carbons (Fsp3) is 0.278. The normalized spacial score (nSPS) is 14.3. The summed E-state index contributed by atoms with van der Waals surface area (Å²) in [5.74, 6) is -0.371. The van der Waals surface area contributed by atoms with Crippen molar-refractivity contribution < 1.29 is 18.0 Å². The van der Waals surface area contributed by atoms with Gasteiger partial charge >= 0.3 is 6.03 Å². The summed E-state index contributed by atoms with van der Waals surface area (Å²) in [6.45, 7) is 2.42. The van der Waals surface area contributed by atoms with Crippen molar-refractivity contribution >= 4 is 44.9 Å². The third-order valence-electron chi connectivity index (χ3n) is 4.28. The van der Waals surface area contributed by atoms with Crippen LogP contribution in [-0.4, -0.2) is 62.7 Å².